The van der Waals surface area contributed by atoms with Crippen LogP contribution in [0.1, 0.15) is 20.8 Å². The van der Waals surface area contributed by atoms with Crippen LogP contribution in [-0.2, 0) is 32.7 Å². The van der Waals surface area contributed by atoms with Gasteiger partial charge in [0.1, 0.15) is 12.8 Å². The summed E-state index contributed by atoms with van der Waals surface area (Å²) in [4.78, 5) is 22.8. The number of ether oxygens (including phenoxy) is 2. The van der Waals surface area contributed by atoms with Crippen LogP contribution in [0.2, 0.25) is 0 Å². The number of carbonyl (C=O) groups is 2. The molecule has 7 nitrogen and oxygen atoms in total. The fourth-order valence-corrected chi connectivity index (χ4v) is 2.85. The van der Waals surface area contributed by atoms with Crippen molar-refractivity contribution in [3.8, 4) is 0 Å². The van der Waals surface area contributed by atoms with Crippen molar-refractivity contribution >= 4 is 19.3 Å². The minimum absolute atomic E-state index is 0.167. The Balaban J connectivity index is 2.45. The van der Waals surface area contributed by atoms with Gasteiger partial charge in [0.15, 0.2) is 11.4 Å². The number of epoxide rings is 1. The van der Waals surface area contributed by atoms with Gasteiger partial charge in [-0.05, 0) is 20.8 Å². The highest BCUT2D eigenvalue weighted by Crippen LogP contribution is 2.47. The van der Waals surface area contributed by atoms with Crippen LogP contribution in [0, 0.1) is 0 Å². The topological polar surface area (TPSA) is 91.4 Å². The van der Waals surface area contributed by atoms with Crippen LogP contribution in [0.5, 0.6) is 0 Å². The summed E-state index contributed by atoms with van der Waals surface area (Å²) in [6, 6.07) is 0. The molecule has 0 radical (unpaired) electrons. The second-order valence-corrected chi connectivity index (χ2v) is 6.16. The number of hydrogen-bond donors (Lipinski definition) is 0. The minimum Gasteiger partial charge on any atom is -0.462 e. The van der Waals surface area contributed by atoms with Crippen LogP contribution in [-0.4, -0.2) is 49.9 Å². The summed E-state index contributed by atoms with van der Waals surface area (Å²) < 4.78 is 31.9. The lowest BCUT2D eigenvalue weighted by atomic mass is 10.1. The van der Waals surface area contributed by atoms with E-state index in [0.717, 1.165) is 0 Å². The zero-order valence-corrected chi connectivity index (χ0v) is 12.2. The highest BCUT2D eigenvalue weighted by molar-refractivity contribution is 7.54. The third-order valence-electron chi connectivity index (χ3n) is 2.58. The first kappa shape index (κ1) is 16.3. The molecule has 19 heavy (non-hydrogen) atoms. The predicted octanol–water partition coefficient (Wildman–Crippen LogP) is 1.15. The Bertz CT molecular complexity index is 379. The molecule has 0 unspecified atom stereocenters. The number of hydrogen-bond acceptors (Lipinski definition) is 7. The Labute approximate surface area is 112 Å². The fraction of sp³-hybridized carbons (Fsp3) is 0.818. The molecule has 0 spiro atoms. The highest BCUT2D eigenvalue weighted by atomic mass is 31.2. The maximum absolute atomic E-state index is 12.1. The zero-order valence-electron chi connectivity index (χ0n) is 11.3. The van der Waals surface area contributed by atoms with E-state index >= 15 is 0 Å². The standard InChI is InChI=1S/C11H19O7P/c1-4-17-19(14,18-5-2)6-10(13)15-7-11(8-16-11)9(3)12/h4-8H2,1-3H3/t11-/m0/s1. The maximum atomic E-state index is 12.1. The molecule has 1 aliphatic rings. The van der Waals surface area contributed by atoms with E-state index in [1.807, 2.05) is 0 Å². The summed E-state index contributed by atoms with van der Waals surface area (Å²) in [6.07, 6.45) is -0.470. The smallest absolute Gasteiger partial charge is 0.341 e. The van der Waals surface area contributed by atoms with E-state index in [1.54, 1.807) is 13.8 Å². The molecule has 1 atom stereocenters. The summed E-state index contributed by atoms with van der Waals surface area (Å²) in [5.74, 6) is -0.931. The first-order valence-electron chi connectivity index (χ1n) is 6.06. The van der Waals surface area contributed by atoms with Gasteiger partial charge in [0, 0.05) is 0 Å². The number of esters is 1. The zero-order chi connectivity index (χ0) is 14.5. The number of rotatable bonds is 9. The summed E-state index contributed by atoms with van der Waals surface area (Å²) in [5, 5.41) is 0. The molecule has 0 amide bonds. The lowest BCUT2D eigenvalue weighted by molar-refractivity contribution is -0.144. The van der Waals surface area contributed by atoms with Gasteiger partial charge in [-0.3, -0.25) is 14.2 Å². The van der Waals surface area contributed by atoms with Crippen molar-refractivity contribution in [3.05, 3.63) is 0 Å². The molecule has 0 aliphatic carbocycles. The van der Waals surface area contributed by atoms with Gasteiger partial charge in [-0.15, -0.1) is 0 Å². The molecule has 110 valence electrons. The lowest BCUT2D eigenvalue weighted by Crippen LogP contribution is -2.30. The van der Waals surface area contributed by atoms with Crippen molar-refractivity contribution in [1.82, 2.24) is 0 Å². The quantitative estimate of drug-likeness (QED) is 0.358. The summed E-state index contributed by atoms with van der Waals surface area (Å²) in [6.45, 7) is 5.09. The van der Waals surface area contributed by atoms with Gasteiger partial charge in [-0.25, -0.2) is 0 Å². The van der Waals surface area contributed by atoms with Crippen LogP contribution in [0.15, 0.2) is 0 Å². The van der Waals surface area contributed by atoms with Crippen LogP contribution in [0.3, 0.4) is 0 Å². The van der Waals surface area contributed by atoms with Crippen molar-refractivity contribution in [1.29, 1.82) is 0 Å². The van der Waals surface area contributed by atoms with Crippen LogP contribution in [0.4, 0.5) is 0 Å². The van der Waals surface area contributed by atoms with E-state index in [2.05, 4.69) is 0 Å². The van der Waals surface area contributed by atoms with Crippen molar-refractivity contribution in [2.24, 2.45) is 0 Å². The summed E-state index contributed by atoms with van der Waals surface area (Å²) in [5.41, 5.74) is -1.00. The van der Waals surface area contributed by atoms with E-state index in [0.29, 0.717) is 0 Å². The third kappa shape index (κ3) is 4.69. The predicted molar refractivity (Wildman–Crippen MR) is 66.0 cm³/mol. The average Bonchev–Trinajstić information content (AvgIpc) is 3.07. The van der Waals surface area contributed by atoms with Gasteiger partial charge in [-0.1, -0.05) is 0 Å². The molecule has 8 heteroatoms. The highest BCUT2D eigenvalue weighted by Gasteiger charge is 2.51. The fourth-order valence-electron chi connectivity index (χ4n) is 1.40. The van der Waals surface area contributed by atoms with Crippen molar-refractivity contribution in [3.63, 3.8) is 0 Å². The molecule has 0 aromatic carbocycles. The molecule has 0 saturated carbocycles. The van der Waals surface area contributed by atoms with Crippen LogP contribution >= 0.6 is 7.60 Å². The van der Waals surface area contributed by atoms with Gasteiger partial charge in [0.05, 0.1) is 19.8 Å². The molecule has 0 N–H and O–H groups in total. The Morgan fingerprint density at radius 1 is 1.26 bits per heavy atom. The molecular formula is C11H19O7P. The monoisotopic (exact) mass is 294 g/mol. The van der Waals surface area contributed by atoms with Gasteiger partial charge >= 0.3 is 13.6 Å². The van der Waals surface area contributed by atoms with Crippen molar-refractivity contribution < 1.29 is 32.7 Å². The Hall–Kier alpha value is -0.750. The largest absolute Gasteiger partial charge is 0.462 e. The molecule has 1 heterocycles. The molecule has 1 aliphatic heterocycles. The van der Waals surface area contributed by atoms with E-state index in [9.17, 15) is 14.2 Å². The first-order chi connectivity index (χ1) is 8.87. The van der Waals surface area contributed by atoms with E-state index < -0.39 is 25.3 Å². The molecule has 1 fully saturated rings. The molecule has 1 saturated heterocycles. The van der Waals surface area contributed by atoms with E-state index in [4.69, 9.17) is 18.5 Å². The number of ketones is 1. The number of Topliss-reactive ketones (excluding diaryl/α,β-unsaturated/α-hetero) is 1. The van der Waals surface area contributed by atoms with Gasteiger partial charge < -0.3 is 18.5 Å². The van der Waals surface area contributed by atoms with Crippen LogP contribution in [0.25, 0.3) is 0 Å². The van der Waals surface area contributed by atoms with Crippen molar-refractivity contribution in [2.45, 2.75) is 26.4 Å². The van der Waals surface area contributed by atoms with Gasteiger partial charge in [0.25, 0.3) is 0 Å². The molecule has 0 bridgehead atoms. The van der Waals surface area contributed by atoms with Gasteiger partial charge in [0.2, 0.25) is 0 Å². The third-order valence-corrected chi connectivity index (χ3v) is 4.52. The second kappa shape index (κ2) is 6.61. The van der Waals surface area contributed by atoms with E-state index in [1.165, 1.54) is 6.92 Å². The minimum atomic E-state index is -3.46. The second-order valence-electron chi connectivity index (χ2n) is 4.10. The first-order valence-corrected chi connectivity index (χ1v) is 7.79. The van der Waals surface area contributed by atoms with E-state index in [-0.39, 0.29) is 32.2 Å². The SMILES string of the molecule is CCOP(=O)(CC(=O)OC[C@@]1(C(C)=O)CO1)OCC. The lowest BCUT2D eigenvalue weighted by Gasteiger charge is -2.16. The molecular weight excluding hydrogens is 275 g/mol. The molecule has 1 rings (SSSR count). The molecule has 0 aromatic rings. The Kier molecular flexibility index (Phi) is 5.67. The Morgan fingerprint density at radius 2 is 1.79 bits per heavy atom. The Morgan fingerprint density at radius 3 is 2.16 bits per heavy atom. The number of carbonyl (C=O) groups excluding carboxylic acids is 2. The van der Waals surface area contributed by atoms with Crippen LogP contribution < -0.4 is 0 Å². The normalized spacial score (nSPS) is 22.1. The van der Waals surface area contributed by atoms with Crippen molar-refractivity contribution in [2.75, 3.05) is 32.6 Å². The summed E-state index contributed by atoms with van der Waals surface area (Å²) >= 11 is 0. The summed E-state index contributed by atoms with van der Waals surface area (Å²) in [7, 11) is -3.46. The molecule has 0 aromatic heterocycles. The van der Waals surface area contributed by atoms with Gasteiger partial charge in [-0.2, -0.15) is 0 Å². The maximum Gasteiger partial charge on any atom is 0.341 e. The average molecular weight is 294 g/mol.